The van der Waals surface area contributed by atoms with Gasteiger partial charge in [0.25, 0.3) is 0 Å². The Morgan fingerprint density at radius 3 is 2.55 bits per heavy atom. The summed E-state index contributed by atoms with van der Waals surface area (Å²) in [5.74, 6) is -0.806. The van der Waals surface area contributed by atoms with Gasteiger partial charge in [-0.3, -0.25) is 4.79 Å². The number of hydrogen-bond donors (Lipinski definition) is 3. The summed E-state index contributed by atoms with van der Waals surface area (Å²) < 4.78 is 0. The molecule has 1 aromatic carbocycles. The van der Waals surface area contributed by atoms with Crippen molar-refractivity contribution in [2.45, 2.75) is 39.7 Å². The van der Waals surface area contributed by atoms with Crippen LogP contribution in [0.5, 0.6) is 0 Å². The largest absolute Gasteiger partial charge is 0.409 e. The second-order valence-corrected chi connectivity index (χ2v) is 4.71. The molecule has 1 aromatic rings. The number of carbonyl (C=O) groups is 1. The lowest BCUT2D eigenvalue weighted by Crippen LogP contribution is -2.38. The zero-order valence-corrected chi connectivity index (χ0v) is 12.1. The van der Waals surface area contributed by atoms with Gasteiger partial charge in [-0.05, 0) is 24.0 Å². The smallest absolute Gasteiger partial charge is 0.231 e. The first-order valence-corrected chi connectivity index (χ1v) is 6.95. The summed E-state index contributed by atoms with van der Waals surface area (Å²) in [6, 6.07) is 7.99. The van der Waals surface area contributed by atoms with Gasteiger partial charge >= 0.3 is 0 Å². The Morgan fingerprint density at radius 1 is 1.35 bits per heavy atom. The first-order valence-electron chi connectivity index (χ1n) is 6.95. The molecule has 5 heteroatoms. The number of aryl methyl sites for hydroxylation is 1. The van der Waals surface area contributed by atoms with Gasteiger partial charge in [0.2, 0.25) is 5.91 Å². The van der Waals surface area contributed by atoms with Crippen LogP contribution in [0.1, 0.15) is 37.8 Å². The second-order valence-electron chi connectivity index (χ2n) is 4.71. The molecule has 0 radical (unpaired) electrons. The lowest BCUT2D eigenvalue weighted by Gasteiger charge is -2.15. The topological polar surface area (TPSA) is 87.7 Å². The van der Waals surface area contributed by atoms with Crippen molar-refractivity contribution in [1.29, 1.82) is 0 Å². The van der Waals surface area contributed by atoms with Crippen molar-refractivity contribution in [2.24, 2.45) is 16.8 Å². The van der Waals surface area contributed by atoms with E-state index in [1.54, 1.807) is 0 Å². The van der Waals surface area contributed by atoms with Gasteiger partial charge in [-0.15, -0.1) is 0 Å². The van der Waals surface area contributed by atoms with Gasteiger partial charge in [0.05, 0.1) is 5.92 Å². The highest BCUT2D eigenvalue weighted by Crippen LogP contribution is 2.11. The van der Waals surface area contributed by atoms with Crippen LogP contribution >= 0.6 is 0 Å². The van der Waals surface area contributed by atoms with Gasteiger partial charge < -0.3 is 16.3 Å². The van der Waals surface area contributed by atoms with E-state index in [0.717, 1.165) is 18.4 Å². The molecule has 0 spiro atoms. The van der Waals surface area contributed by atoms with Crippen LogP contribution in [0, 0.1) is 5.92 Å². The average Bonchev–Trinajstić information content (AvgIpc) is 2.49. The summed E-state index contributed by atoms with van der Waals surface area (Å²) in [4.78, 5) is 12.1. The molecule has 1 amide bonds. The lowest BCUT2D eigenvalue weighted by molar-refractivity contribution is -0.123. The highest BCUT2D eigenvalue weighted by Gasteiger charge is 2.22. The molecule has 0 fully saturated rings. The maximum absolute atomic E-state index is 12.1. The maximum atomic E-state index is 12.1. The van der Waals surface area contributed by atoms with Gasteiger partial charge in [-0.25, -0.2) is 0 Å². The molecule has 0 aliphatic carbocycles. The first-order chi connectivity index (χ1) is 9.63. The van der Waals surface area contributed by atoms with Gasteiger partial charge in [-0.1, -0.05) is 49.7 Å². The highest BCUT2D eigenvalue weighted by molar-refractivity contribution is 6.02. The molecular formula is C15H23N3O2. The molecule has 0 bridgehead atoms. The van der Waals surface area contributed by atoms with E-state index in [1.807, 2.05) is 25.1 Å². The van der Waals surface area contributed by atoms with Gasteiger partial charge in [0, 0.05) is 6.54 Å². The van der Waals surface area contributed by atoms with E-state index >= 15 is 0 Å². The van der Waals surface area contributed by atoms with Crippen molar-refractivity contribution in [3.8, 4) is 0 Å². The van der Waals surface area contributed by atoms with Crippen molar-refractivity contribution < 1.29 is 10.0 Å². The quantitative estimate of drug-likeness (QED) is 0.308. The highest BCUT2D eigenvalue weighted by atomic mass is 16.4. The van der Waals surface area contributed by atoms with E-state index in [-0.39, 0.29) is 11.7 Å². The molecule has 110 valence electrons. The first kappa shape index (κ1) is 16.0. The molecule has 0 aliphatic heterocycles. The third kappa shape index (κ3) is 4.26. The zero-order valence-electron chi connectivity index (χ0n) is 12.1. The van der Waals surface area contributed by atoms with E-state index in [1.165, 1.54) is 5.56 Å². The van der Waals surface area contributed by atoms with Crippen LogP contribution in [0.4, 0.5) is 0 Å². The molecule has 1 atom stereocenters. The van der Waals surface area contributed by atoms with Crippen LogP contribution < -0.4 is 11.1 Å². The van der Waals surface area contributed by atoms with Crippen molar-refractivity contribution in [2.75, 3.05) is 0 Å². The minimum atomic E-state index is -0.571. The van der Waals surface area contributed by atoms with Gasteiger partial charge in [0.15, 0.2) is 5.84 Å². The van der Waals surface area contributed by atoms with Crippen molar-refractivity contribution in [3.05, 3.63) is 35.4 Å². The number of hydrogen-bond acceptors (Lipinski definition) is 3. The zero-order chi connectivity index (χ0) is 15.0. The van der Waals surface area contributed by atoms with Crippen LogP contribution in [0.3, 0.4) is 0 Å². The Balaban J connectivity index is 2.69. The van der Waals surface area contributed by atoms with Crippen LogP contribution in [0.25, 0.3) is 0 Å². The Bertz CT molecular complexity index is 472. The molecule has 4 N–H and O–H groups in total. The van der Waals surface area contributed by atoms with Gasteiger partial charge in [-0.2, -0.15) is 0 Å². The number of benzene rings is 1. The number of nitrogens with one attached hydrogen (secondary N) is 1. The van der Waals surface area contributed by atoms with E-state index in [9.17, 15) is 4.79 Å². The van der Waals surface area contributed by atoms with E-state index in [2.05, 4.69) is 23.5 Å². The third-order valence-corrected chi connectivity index (χ3v) is 3.32. The number of rotatable bonds is 7. The summed E-state index contributed by atoms with van der Waals surface area (Å²) >= 11 is 0. The normalized spacial score (nSPS) is 13.0. The molecule has 0 aliphatic rings. The van der Waals surface area contributed by atoms with E-state index in [0.29, 0.717) is 13.0 Å². The number of amidine groups is 1. The monoisotopic (exact) mass is 277 g/mol. The number of carbonyl (C=O) groups excluding carboxylic acids is 1. The standard InChI is InChI=1S/C15H23N3O2/c1-3-7-13(14(16)18-20)15(19)17-10-12-9-6-5-8-11(12)4-2/h5-6,8-9,13,20H,3-4,7,10H2,1-2H3,(H2,16,18)(H,17,19). The summed E-state index contributed by atoms with van der Waals surface area (Å²) in [5, 5.41) is 14.5. The molecule has 0 aromatic heterocycles. The minimum Gasteiger partial charge on any atom is -0.409 e. The van der Waals surface area contributed by atoms with Crippen LogP contribution in [-0.4, -0.2) is 17.0 Å². The number of oxime groups is 1. The molecule has 0 saturated heterocycles. The molecular weight excluding hydrogens is 254 g/mol. The molecule has 0 saturated carbocycles. The number of amides is 1. The summed E-state index contributed by atoms with van der Waals surface area (Å²) in [6.07, 6.45) is 2.28. The fraction of sp³-hybridized carbons (Fsp3) is 0.467. The van der Waals surface area contributed by atoms with Crippen molar-refractivity contribution in [3.63, 3.8) is 0 Å². The van der Waals surface area contributed by atoms with Crippen LogP contribution in [-0.2, 0) is 17.8 Å². The summed E-state index contributed by atoms with van der Waals surface area (Å²) in [5.41, 5.74) is 7.88. The molecule has 0 heterocycles. The third-order valence-electron chi connectivity index (χ3n) is 3.32. The van der Waals surface area contributed by atoms with Crippen molar-refractivity contribution >= 4 is 11.7 Å². The Morgan fingerprint density at radius 2 is 2.00 bits per heavy atom. The fourth-order valence-electron chi connectivity index (χ4n) is 2.15. The summed E-state index contributed by atoms with van der Waals surface area (Å²) in [6.45, 7) is 4.50. The van der Waals surface area contributed by atoms with Crippen LogP contribution in [0.15, 0.2) is 29.4 Å². The summed E-state index contributed by atoms with van der Waals surface area (Å²) in [7, 11) is 0. The van der Waals surface area contributed by atoms with Crippen LogP contribution in [0.2, 0.25) is 0 Å². The predicted octanol–water partition coefficient (Wildman–Crippen LogP) is 2.03. The fourth-order valence-corrected chi connectivity index (χ4v) is 2.15. The molecule has 5 nitrogen and oxygen atoms in total. The Hall–Kier alpha value is -2.04. The predicted molar refractivity (Wildman–Crippen MR) is 79.5 cm³/mol. The molecule has 1 rings (SSSR count). The van der Waals surface area contributed by atoms with Gasteiger partial charge in [0.1, 0.15) is 0 Å². The SMILES string of the molecule is CCCC(C(=O)NCc1ccccc1CC)C(N)=NO. The van der Waals surface area contributed by atoms with E-state index in [4.69, 9.17) is 10.9 Å². The molecule has 1 unspecified atom stereocenters. The molecule has 20 heavy (non-hydrogen) atoms. The van der Waals surface area contributed by atoms with Crippen molar-refractivity contribution in [1.82, 2.24) is 5.32 Å². The Labute approximate surface area is 119 Å². The number of nitrogens with two attached hydrogens (primary N) is 1. The lowest BCUT2D eigenvalue weighted by atomic mass is 10.0. The number of nitrogens with zero attached hydrogens (tertiary/aromatic N) is 1. The minimum absolute atomic E-state index is 0.0341. The Kier molecular flexibility index (Phi) is 6.56. The average molecular weight is 277 g/mol. The van der Waals surface area contributed by atoms with E-state index < -0.39 is 5.92 Å². The second kappa shape index (κ2) is 8.19. The maximum Gasteiger partial charge on any atom is 0.231 e.